The van der Waals surface area contributed by atoms with Crippen LogP contribution in [0.4, 0.5) is 5.69 Å². The van der Waals surface area contributed by atoms with Gasteiger partial charge in [0.25, 0.3) is 5.91 Å². The predicted octanol–water partition coefficient (Wildman–Crippen LogP) is 2.00. The van der Waals surface area contributed by atoms with Gasteiger partial charge in [-0.2, -0.15) is 0 Å². The molecule has 0 heterocycles. The highest BCUT2D eigenvalue weighted by Gasteiger charge is 2.09. The van der Waals surface area contributed by atoms with E-state index in [-0.39, 0.29) is 12.5 Å². The average Bonchev–Trinajstić information content (AvgIpc) is 2.47. The van der Waals surface area contributed by atoms with Crippen LogP contribution >= 0.6 is 0 Å². The van der Waals surface area contributed by atoms with Crippen LogP contribution in [-0.2, 0) is 13.2 Å². The molecule has 0 aliphatic heterocycles. The molecule has 0 aliphatic rings. The van der Waals surface area contributed by atoms with Crippen LogP contribution in [-0.4, -0.2) is 11.0 Å². The van der Waals surface area contributed by atoms with Crippen molar-refractivity contribution >= 4 is 11.6 Å². The SMILES string of the molecule is Cc1ccc(N)c(C(=O)NCc2ccc(CO)cc2)c1. The number of carbonyl (C=O) groups is 1. The van der Waals surface area contributed by atoms with Gasteiger partial charge < -0.3 is 16.2 Å². The quantitative estimate of drug-likeness (QED) is 0.744. The van der Waals surface area contributed by atoms with Gasteiger partial charge in [0.15, 0.2) is 0 Å². The monoisotopic (exact) mass is 270 g/mol. The van der Waals surface area contributed by atoms with Gasteiger partial charge in [0.05, 0.1) is 12.2 Å². The van der Waals surface area contributed by atoms with Crippen LogP contribution in [0.1, 0.15) is 27.0 Å². The van der Waals surface area contributed by atoms with Gasteiger partial charge in [-0.15, -0.1) is 0 Å². The van der Waals surface area contributed by atoms with Crippen LogP contribution in [0, 0.1) is 6.92 Å². The van der Waals surface area contributed by atoms with Gasteiger partial charge in [-0.25, -0.2) is 0 Å². The second kappa shape index (κ2) is 6.21. The Morgan fingerprint density at radius 3 is 2.45 bits per heavy atom. The summed E-state index contributed by atoms with van der Waals surface area (Å²) < 4.78 is 0. The number of aliphatic hydroxyl groups excluding tert-OH is 1. The molecule has 0 atom stereocenters. The van der Waals surface area contributed by atoms with E-state index in [0.29, 0.717) is 17.8 Å². The Hall–Kier alpha value is -2.33. The van der Waals surface area contributed by atoms with Crippen LogP contribution in [0.2, 0.25) is 0 Å². The molecule has 1 amide bonds. The number of amides is 1. The Bertz CT molecular complexity index is 606. The average molecular weight is 270 g/mol. The number of nitrogens with one attached hydrogen (secondary N) is 1. The lowest BCUT2D eigenvalue weighted by Gasteiger charge is -2.09. The Morgan fingerprint density at radius 2 is 1.80 bits per heavy atom. The molecule has 4 heteroatoms. The third-order valence-corrected chi connectivity index (χ3v) is 3.11. The summed E-state index contributed by atoms with van der Waals surface area (Å²) in [5.41, 5.74) is 9.60. The van der Waals surface area contributed by atoms with Crippen LogP contribution in [0.15, 0.2) is 42.5 Å². The Labute approximate surface area is 118 Å². The van der Waals surface area contributed by atoms with Crippen LogP contribution in [0.5, 0.6) is 0 Å². The molecule has 0 spiro atoms. The first-order chi connectivity index (χ1) is 9.60. The zero-order valence-electron chi connectivity index (χ0n) is 11.4. The van der Waals surface area contributed by atoms with Gasteiger partial charge in [-0.3, -0.25) is 4.79 Å². The summed E-state index contributed by atoms with van der Waals surface area (Å²) in [7, 11) is 0. The minimum atomic E-state index is -0.183. The van der Waals surface area contributed by atoms with Crippen molar-refractivity contribution in [2.24, 2.45) is 0 Å². The third-order valence-electron chi connectivity index (χ3n) is 3.11. The molecule has 0 fully saturated rings. The summed E-state index contributed by atoms with van der Waals surface area (Å²) in [6.45, 7) is 2.37. The minimum absolute atomic E-state index is 0.0203. The number of anilines is 1. The predicted molar refractivity (Wildman–Crippen MR) is 79.1 cm³/mol. The summed E-state index contributed by atoms with van der Waals surface area (Å²) in [5, 5.41) is 11.8. The summed E-state index contributed by atoms with van der Waals surface area (Å²) in [5.74, 6) is -0.183. The standard InChI is InChI=1S/C16H18N2O2/c1-11-2-7-15(17)14(8-11)16(20)18-9-12-3-5-13(10-19)6-4-12/h2-8,19H,9-10,17H2,1H3,(H,18,20). The molecule has 2 aromatic carbocycles. The van der Waals surface area contributed by atoms with Gasteiger partial charge in [-0.05, 0) is 30.2 Å². The fourth-order valence-electron chi connectivity index (χ4n) is 1.91. The summed E-state index contributed by atoms with van der Waals surface area (Å²) in [6.07, 6.45) is 0. The topological polar surface area (TPSA) is 75.4 Å². The number of nitrogens with two attached hydrogens (primary N) is 1. The van der Waals surface area contributed by atoms with Gasteiger partial charge >= 0.3 is 0 Å². The second-order valence-electron chi connectivity index (χ2n) is 4.75. The molecule has 2 aromatic rings. The molecule has 0 saturated heterocycles. The zero-order chi connectivity index (χ0) is 14.5. The van der Waals surface area contributed by atoms with Crippen molar-refractivity contribution in [1.82, 2.24) is 5.32 Å². The minimum Gasteiger partial charge on any atom is -0.398 e. The number of aryl methyl sites for hydroxylation is 1. The first-order valence-electron chi connectivity index (χ1n) is 6.43. The summed E-state index contributed by atoms with van der Waals surface area (Å²) in [6, 6.07) is 12.8. The fourth-order valence-corrected chi connectivity index (χ4v) is 1.91. The molecular formula is C16H18N2O2. The normalized spacial score (nSPS) is 10.3. The fraction of sp³-hybridized carbons (Fsp3) is 0.188. The molecule has 0 saturated carbocycles. The van der Waals surface area contributed by atoms with Gasteiger partial charge in [0.1, 0.15) is 0 Å². The summed E-state index contributed by atoms with van der Waals surface area (Å²) >= 11 is 0. The van der Waals surface area contributed by atoms with E-state index in [1.54, 1.807) is 12.1 Å². The van der Waals surface area contributed by atoms with Crippen molar-refractivity contribution in [3.63, 3.8) is 0 Å². The van der Waals surface area contributed by atoms with E-state index in [0.717, 1.165) is 16.7 Å². The maximum atomic E-state index is 12.1. The highest BCUT2D eigenvalue weighted by Crippen LogP contribution is 2.14. The lowest BCUT2D eigenvalue weighted by molar-refractivity contribution is 0.0951. The van der Waals surface area contributed by atoms with Crippen molar-refractivity contribution in [2.45, 2.75) is 20.1 Å². The van der Waals surface area contributed by atoms with Crippen molar-refractivity contribution < 1.29 is 9.90 Å². The van der Waals surface area contributed by atoms with Crippen molar-refractivity contribution in [3.05, 3.63) is 64.7 Å². The summed E-state index contributed by atoms with van der Waals surface area (Å²) in [4.78, 5) is 12.1. The van der Waals surface area contributed by atoms with Crippen molar-refractivity contribution in [2.75, 3.05) is 5.73 Å². The lowest BCUT2D eigenvalue weighted by atomic mass is 10.1. The highest BCUT2D eigenvalue weighted by atomic mass is 16.3. The number of hydrogen-bond donors (Lipinski definition) is 3. The number of hydrogen-bond acceptors (Lipinski definition) is 3. The van der Waals surface area contributed by atoms with E-state index in [2.05, 4.69) is 5.32 Å². The van der Waals surface area contributed by atoms with E-state index in [9.17, 15) is 4.79 Å². The molecular weight excluding hydrogens is 252 g/mol. The largest absolute Gasteiger partial charge is 0.398 e. The zero-order valence-corrected chi connectivity index (χ0v) is 11.4. The molecule has 4 N–H and O–H groups in total. The third kappa shape index (κ3) is 3.36. The molecule has 0 aliphatic carbocycles. The molecule has 0 radical (unpaired) electrons. The Morgan fingerprint density at radius 1 is 1.15 bits per heavy atom. The van der Waals surface area contributed by atoms with Crippen LogP contribution in [0.3, 0.4) is 0 Å². The first-order valence-corrected chi connectivity index (χ1v) is 6.43. The highest BCUT2D eigenvalue weighted by molar-refractivity contribution is 5.99. The molecule has 2 rings (SSSR count). The van der Waals surface area contributed by atoms with Gasteiger partial charge in [-0.1, -0.05) is 35.9 Å². The molecule has 0 unspecified atom stereocenters. The van der Waals surface area contributed by atoms with Crippen molar-refractivity contribution in [1.29, 1.82) is 0 Å². The molecule has 104 valence electrons. The molecule has 4 nitrogen and oxygen atoms in total. The Kier molecular flexibility index (Phi) is 4.38. The van der Waals surface area contributed by atoms with E-state index >= 15 is 0 Å². The first kappa shape index (κ1) is 14.1. The van der Waals surface area contributed by atoms with Crippen LogP contribution in [0.25, 0.3) is 0 Å². The molecule has 0 bridgehead atoms. The number of rotatable bonds is 4. The van der Waals surface area contributed by atoms with Gasteiger partial charge in [0.2, 0.25) is 0 Å². The van der Waals surface area contributed by atoms with E-state index in [4.69, 9.17) is 10.8 Å². The van der Waals surface area contributed by atoms with E-state index < -0.39 is 0 Å². The maximum absolute atomic E-state index is 12.1. The van der Waals surface area contributed by atoms with E-state index in [1.807, 2.05) is 37.3 Å². The number of carbonyl (C=O) groups excluding carboxylic acids is 1. The number of benzene rings is 2. The second-order valence-corrected chi connectivity index (χ2v) is 4.75. The molecule has 0 aromatic heterocycles. The van der Waals surface area contributed by atoms with E-state index in [1.165, 1.54) is 0 Å². The number of nitrogen functional groups attached to an aromatic ring is 1. The maximum Gasteiger partial charge on any atom is 0.253 e. The van der Waals surface area contributed by atoms with Crippen molar-refractivity contribution in [3.8, 4) is 0 Å². The molecule has 20 heavy (non-hydrogen) atoms. The smallest absolute Gasteiger partial charge is 0.253 e. The lowest BCUT2D eigenvalue weighted by Crippen LogP contribution is -2.23. The van der Waals surface area contributed by atoms with Crippen LogP contribution < -0.4 is 11.1 Å². The number of aliphatic hydroxyl groups is 1. The van der Waals surface area contributed by atoms with Gasteiger partial charge in [0, 0.05) is 12.2 Å². The Balaban J connectivity index is 2.02.